The maximum atomic E-state index is 6.61. The van der Waals surface area contributed by atoms with Crippen LogP contribution in [0.3, 0.4) is 0 Å². The molecule has 0 saturated carbocycles. The highest BCUT2D eigenvalue weighted by Gasteiger charge is 2.23. The highest BCUT2D eigenvalue weighted by molar-refractivity contribution is 7.26. The number of nitrogens with zero attached hydrogens (tertiary/aromatic N) is 5. The molecular formula is C49H27N5O2S. The second-order valence-electron chi connectivity index (χ2n) is 14.0. The standard InChI is InChI=1S/C49H27N5O2S/c1-3-13-28(14-4-1)46-52-47(29-15-5-2-6-16-29)54-49(53-46)34-20-12-23-39-42(34)41-33(19-11-22-38(41)56-39)48-50-43(45-44(51-48)32-18-8-10-24-40(32)57-45)30-25-26-37-35(27-30)31-17-7-9-21-36(31)55-37/h1-27H. The van der Waals surface area contributed by atoms with E-state index in [1.807, 2.05) is 109 Å². The second kappa shape index (κ2) is 12.5. The van der Waals surface area contributed by atoms with Crippen molar-refractivity contribution < 1.29 is 8.83 Å². The molecule has 12 rings (SSSR count). The summed E-state index contributed by atoms with van der Waals surface area (Å²) in [6, 6.07) is 55.1. The van der Waals surface area contributed by atoms with Crippen molar-refractivity contribution in [1.29, 1.82) is 0 Å². The molecule has 0 spiro atoms. The molecule has 0 fully saturated rings. The summed E-state index contributed by atoms with van der Waals surface area (Å²) < 4.78 is 15.0. The van der Waals surface area contributed by atoms with Gasteiger partial charge >= 0.3 is 0 Å². The molecule has 5 heterocycles. The number of furan rings is 2. The fourth-order valence-electron chi connectivity index (χ4n) is 7.95. The molecule has 0 bridgehead atoms. The van der Waals surface area contributed by atoms with E-state index >= 15 is 0 Å². The minimum Gasteiger partial charge on any atom is -0.456 e. The molecule has 0 N–H and O–H groups in total. The third-order valence-electron chi connectivity index (χ3n) is 10.6. The van der Waals surface area contributed by atoms with E-state index in [0.717, 1.165) is 97.7 Å². The molecule has 266 valence electrons. The Balaban J connectivity index is 1.13. The monoisotopic (exact) mass is 749 g/mol. The Morgan fingerprint density at radius 3 is 1.61 bits per heavy atom. The lowest BCUT2D eigenvalue weighted by atomic mass is 10.0. The molecule has 8 heteroatoms. The van der Waals surface area contributed by atoms with Crippen molar-refractivity contribution in [2.75, 3.05) is 0 Å². The van der Waals surface area contributed by atoms with Gasteiger partial charge < -0.3 is 8.83 Å². The van der Waals surface area contributed by atoms with Gasteiger partial charge in [0.05, 0.1) is 15.9 Å². The van der Waals surface area contributed by atoms with Gasteiger partial charge in [0.15, 0.2) is 23.3 Å². The molecular weight excluding hydrogens is 723 g/mol. The van der Waals surface area contributed by atoms with E-state index in [0.29, 0.717) is 23.3 Å². The lowest BCUT2D eigenvalue weighted by Crippen LogP contribution is -2.00. The first-order valence-corrected chi connectivity index (χ1v) is 19.5. The van der Waals surface area contributed by atoms with Crippen molar-refractivity contribution in [3.63, 3.8) is 0 Å². The smallest absolute Gasteiger partial charge is 0.164 e. The van der Waals surface area contributed by atoms with E-state index in [1.54, 1.807) is 11.3 Å². The summed E-state index contributed by atoms with van der Waals surface area (Å²) in [5.41, 5.74) is 9.41. The largest absolute Gasteiger partial charge is 0.456 e. The van der Waals surface area contributed by atoms with Crippen LogP contribution in [-0.4, -0.2) is 24.9 Å². The van der Waals surface area contributed by atoms with Gasteiger partial charge in [0.2, 0.25) is 0 Å². The average Bonchev–Trinajstić information content (AvgIpc) is 3.98. The third-order valence-corrected chi connectivity index (χ3v) is 11.7. The van der Waals surface area contributed by atoms with Gasteiger partial charge in [-0.25, -0.2) is 24.9 Å². The first-order chi connectivity index (χ1) is 28.2. The van der Waals surface area contributed by atoms with Crippen LogP contribution < -0.4 is 0 Å². The number of rotatable bonds is 5. The van der Waals surface area contributed by atoms with Crippen LogP contribution in [0.5, 0.6) is 0 Å². The van der Waals surface area contributed by atoms with Crippen LogP contribution >= 0.6 is 11.3 Å². The summed E-state index contributed by atoms with van der Waals surface area (Å²) in [6.45, 7) is 0. The average molecular weight is 750 g/mol. The number of fused-ring (bicyclic) bond motifs is 9. The van der Waals surface area contributed by atoms with Gasteiger partial charge in [0.1, 0.15) is 22.3 Å². The van der Waals surface area contributed by atoms with Gasteiger partial charge in [0, 0.05) is 59.4 Å². The van der Waals surface area contributed by atoms with Crippen LogP contribution in [0.2, 0.25) is 0 Å². The normalized spacial score (nSPS) is 11.9. The first kappa shape index (κ1) is 31.8. The van der Waals surface area contributed by atoms with Gasteiger partial charge in [-0.1, -0.05) is 121 Å². The summed E-state index contributed by atoms with van der Waals surface area (Å²) in [6.07, 6.45) is 0. The Bertz CT molecular complexity index is 3480. The van der Waals surface area contributed by atoms with Gasteiger partial charge in [-0.05, 0) is 42.5 Å². The minimum atomic E-state index is 0.548. The molecule has 7 aromatic carbocycles. The van der Waals surface area contributed by atoms with E-state index in [1.165, 1.54) is 0 Å². The van der Waals surface area contributed by atoms with Crippen LogP contribution in [0.15, 0.2) is 173 Å². The number of para-hydroxylation sites is 1. The quantitative estimate of drug-likeness (QED) is 0.173. The van der Waals surface area contributed by atoms with Crippen molar-refractivity contribution in [3.05, 3.63) is 164 Å². The van der Waals surface area contributed by atoms with Crippen LogP contribution in [0.25, 0.3) is 121 Å². The van der Waals surface area contributed by atoms with Crippen LogP contribution in [-0.2, 0) is 0 Å². The summed E-state index contributed by atoms with van der Waals surface area (Å²) >= 11 is 1.72. The van der Waals surface area contributed by atoms with Crippen molar-refractivity contribution in [1.82, 2.24) is 24.9 Å². The van der Waals surface area contributed by atoms with E-state index < -0.39 is 0 Å². The van der Waals surface area contributed by atoms with E-state index in [2.05, 4.69) is 54.6 Å². The fourth-order valence-corrected chi connectivity index (χ4v) is 9.10. The lowest BCUT2D eigenvalue weighted by Gasteiger charge is -2.10. The second-order valence-corrected chi connectivity index (χ2v) is 15.0. The van der Waals surface area contributed by atoms with Crippen molar-refractivity contribution in [2.24, 2.45) is 0 Å². The van der Waals surface area contributed by atoms with Crippen LogP contribution in [0.1, 0.15) is 0 Å². The zero-order valence-electron chi connectivity index (χ0n) is 30.0. The van der Waals surface area contributed by atoms with Crippen LogP contribution in [0.4, 0.5) is 0 Å². The van der Waals surface area contributed by atoms with Gasteiger partial charge in [-0.2, -0.15) is 0 Å². The molecule has 0 amide bonds. The topological polar surface area (TPSA) is 90.7 Å². The Kier molecular flexibility index (Phi) is 6.96. The fraction of sp³-hybridized carbons (Fsp3) is 0. The van der Waals surface area contributed by atoms with Crippen molar-refractivity contribution in [3.8, 4) is 56.8 Å². The number of hydrogen-bond acceptors (Lipinski definition) is 8. The molecule has 0 aliphatic rings. The number of hydrogen-bond donors (Lipinski definition) is 0. The number of aromatic nitrogens is 5. The highest BCUT2D eigenvalue weighted by Crippen LogP contribution is 2.44. The zero-order chi connectivity index (χ0) is 37.5. The van der Waals surface area contributed by atoms with E-state index in [4.69, 9.17) is 33.8 Å². The van der Waals surface area contributed by atoms with Gasteiger partial charge in [-0.3, -0.25) is 0 Å². The molecule has 0 radical (unpaired) electrons. The van der Waals surface area contributed by atoms with E-state index in [-0.39, 0.29) is 0 Å². The van der Waals surface area contributed by atoms with Crippen molar-refractivity contribution in [2.45, 2.75) is 0 Å². The summed E-state index contributed by atoms with van der Waals surface area (Å²) in [5, 5.41) is 5.00. The van der Waals surface area contributed by atoms with Crippen LogP contribution in [0, 0.1) is 0 Å². The summed E-state index contributed by atoms with van der Waals surface area (Å²) in [4.78, 5) is 26.0. The Hall–Kier alpha value is -7.55. The summed E-state index contributed by atoms with van der Waals surface area (Å²) in [7, 11) is 0. The molecule has 5 aromatic heterocycles. The number of thiophene rings is 1. The predicted molar refractivity (Wildman–Crippen MR) is 230 cm³/mol. The molecule has 57 heavy (non-hydrogen) atoms. The Morgan fingerprint density at radius 1 is 0.368 bits per heavy atom. The maximum Gasteiger partial charge on any atom is 0.164 e. The molecule has 0 saturated heterocycles. The third kappa shape index (κ3) is 5.08. The highest BCUT2D eigenvalue weighted by atomic mass is 32.1. The summed E-state index contributed by atoms with van der Waals surface area (Å²) in [5.74, 6) is 2.34. The Morgan fingerprint density at radius 2 is 0.912 bits per heavy atom. The Labute approximate surface area is 328 Å². The number of benzene rings is 7. The van der Waals surface area contributed by atoms with E-state index in [9.17, 15) is 0 Å². The van der Waals surface area contributed by atoms with Gasteiger partial charge in [-0.15, -0.1) is 11.3 Å². The SMILES string of the molecule is c1ccc(-c2nc(-c3ccccc3)nc(-c3cccc4oc5cccc(-c6nc(-c7ccc8oc9ccccc9c8c7)c7sc8ccccc8c7n6)c5c34)n2)cc1. The van der Waals surface area contributed by atoms with Crippen molar-refractivity contribution >= 4 is 75.5 Å². The zero-order valence-corrected chi connectivity index (χ0v) is 30.9. The first-order valence-electron chi connectivity index (χ1n) is 18.7. The van der Waals surface area contributed by atoms with Gasteiger partial charge in [0.25, 0.3) is 0 Å². The lowest BCUT2D eigenvalue weighted by molar-refractivity contribution is 0.668. The molecule has 0 atom stereocenters. The predicted octanol–water partition coefficient (Wildman–Crippen LogP) is 13.2. The molecule has 0 aliphatic heterocycles. The molecule has 12 aromatic rings. The molecule has 0 unspecified atom stereocenters. The maximum absolute atomic E-state index is 6.61. The molecule has 0 aliphatic carbocycles. The minimum absolute atomic E-state index is 0.548. The molecule has 7 nitrogen and oxygen atoms in total.